The number of aryl methyl sites for hydroxylation is 1. The Hall–Kier alpha value is -3.05. The molecule has 25 heavy (non-hydrogen) atoms. The Morgan fingerprint density at radius 1 is 1.00 bits per heavy atom. The van der Waals surface area contributed by atoms with Crippen LogP contribution in [-0.2, 0) is 0 Å². The maximum absolute atomic E-state index is 12.1. The normalized spacial score (nSPS) is 10.9. The van der Waals surface area contributed by atoms with Crippen LogP contribution in [0.5, 0.6) is 0 Å². The summed E-state index contributed by atoms with van der Waals surface area (Å²) in [6.45, 7) is 2.04. The Morgan fingerprint density at radius 2 is 1.76 bits per heavy atom. The highest BCUT2D eigenvalue weighted by atomic mass is 32.1. The highest BCUT2D eigenvalue weighted by Gasteiger charge is 2.18. The van der Waals surface area contributed by atoms with Gasteiger partial charge in [0.15, 0.2) is 0 Å². The van der Waals surface area contributed by atoms with Gasteiger partial charge in [0.1, 0.15) is 0 Å². The number of nitrogens with two attached hydrogens (primary N) is 1. The topological polar surface area (TPSA) is 68.9 Å². The van der Waals surface area contributed by atoms with Crippen molar-refractivity contribution in [3.63, 3.8) is 0 Å². The third-order valence-corrected chi connectivity index (χ3v) is 5.36. The molecule has 0 unspecified atom stereocenters. The molecule has 0 fully saturated rings. The first kappa shape index (κ1) is 15.5. The second-order valence-corrected chi connectivity index (χ2v) is 6.91. The minimum absolute atomic E-state index is 0.426. The Morgan fingerprint density at radius 3 is 2.52 bits per heavy atom. The number of hydrogen-bond donors (Lipinski definition) is 1. The van der Waals surface area contributed by atoms with Crippen LogP contribution in [0.25, 0.3) is 31.7 Å². The van der Waals surface area contributed by atoms with E-state index in [1.165, 1.54) is 0 Å². The number of aromatic nitrogens is 2. The second kappa shape index (κ2) is 6.11. The molecule has 2 N–H and O–H groups in total. The SMILES string of the molecule is Cc1ccccc1-c1c(C(N)=O)cccc1-c1cc2cnncc2s1. The number of carbonyl (C=O) groups excluding carboxylic acids is 1. The van der Waals surface area contributed by atoms with E-state index in [-0.39, 0.29) is 0 Å². The largest absolute Gasteiger partial charge is 0.366 e. The molecule has 4 nitrogen and oxygen atoms in total. The summed E-state index contributed by atoms with van der Waals surface area (Å²) in [6, 6.07) is 15.8. The van der Waals surface area contributed by atoms with Gasteiger partial charge in [-0.3, -0.25) is 4.79 Å². The number of hydrogen-bond acceptors (Lipinski definition) is 4. The molecule has 2 aromatic carbocycles. The molecule has 122 valence electrons. The molecule has 4 rings (SSSR count). The molecule has 2 heterocycles. The van der Waals surface area contributed by atoms with Crippen molar-refractivity contribution in [3.8, 4) is 21.6 Å². The molecule has 1 amide bonds. The molecule has 0 spiro atoms. The lowest BCUT2D eigenvalue weighted by Crippen LogP contribution is -2.13. The highest BCUT2D eigenvalue weighted by Crippen LogP contribution is 2.41. The maximum atomic E-state index is 12.1. The highest BCUT2D eigenvalue weighted by molar-refractivity contribution is 7.22. The van der Waals surface area contributed by atoms with E-state index in [0.717, 1.165) is 37.2 Å². The van der Waals surface area contributed by atoms with Gasteiger partial charge in [-0.2, -0.15) is 10.2 Å². The fraction of sp³-hybridized carbons (Fsp3) is 0.0500. The third kappa shape index (κ3) is 2.68. The van der Waals surface area contributed by atoms with Gasteiger partial charge in [0.2, 0.25) is 5.91 Å². The van der Waals surface area contributed by atoms with Crippen LogP contribution in [-0.4, -0.2) is 16.1 Å². The number of primary amides is 1. The zero-order chi connectivity index (χ0) is 17.4. The van der Waals surface area contributed by atoms with Gasteiger partial charge in [0.25, 0.3) is 0 Å². The van der Waals surface area contributed by atoms with E-state index >= 15 is 0 Å². The Labute approximate surface area is 149 Å². The smallest absolute Gasteiger partial charge is 0.249 e. The standard InChI is InChI=1S/C20H15N3OS/c1-12-5-2-3-6-14(12)19-15(7-4-8-16(19)20(21)24)17-9-13-10-22-23-11-18(13)25-17/h2-11H,1H3,(H2,21,24). The van der Waals surface area contributed by atoms with E-state index in [2.05, 4.69) is 16.3 Å². The van der Waals surface area contributed by atoms with Crippen LogP contribution in [0.3, 0.4) is 0 Å². The zero-order valence-corrected chi connectivity index (χ0v) is 14.4. The van der Waals surface area contributed by atoms with Crippen molar-refractivity contribution in [2.24, 2.45) is 5.73 Å². The number of nitrogens with zero attached hydrogens (tertiary/aromatic N) is 2. The van der Waals surface area contributed by atoms with Crippen LogP contribution >= 0.6 is 11.3 Å². The minimum Gasteiger partial charge on any atom is -0.366 e. The van der Waals surface area contributed by atoms with Gasteiger partial charge in [0, 0.05) is 27.0 Å². The zero-order valence-electron chi connectivity index (χ0n) is 13.6. The van der Waals surface area contributed by atoms with Crippen molar-refractivity contribution in [3.05, 3.63) is 72.1 Å². The molecule has 5 heteroatoms. The van der Waals surface area contributed by atoms with Crippen molar-refractivity contribution in [2.45, 2.75) is 6.92 Å². The van der Waals surface area contributed by atoms with Crippen LogP contribution in [0.15, 0.2) is 60.9 Å². The molecular formula is C20H15N3OS. The van der Waals surface area contributed by atoms with Gasteiger partial charge in [-0.15, -0.1) is 11.3 Å². The molecule has 0 aliphatic heterocycles. The van der Waals surface area contributed by atoms with Crippen molar-refractivity contribution in [1.82, 2.24) is 10.2 Å². The number of amides is 1. The molecule has 0 aliphatic carbocycles. The number of thiophene rings is 1. The van der Waals surface area contributed by atoms with E-state index in [0.29, 0.717) is 5.56 Å². The summed E-state index contributed by atoms with van der Waals surface area (Å²) in [5.74, 6) is -0.426. The van der Waals surface area contributed by atoms with Crippen LogP contribution in [0.2, 0.25) is 0 Å². The lowest BCUT2D eigenvalue weighted by molar-refractivity contribution is 0.100. The molecule has 0 saturated heterocycles. The van der Waals surface area contributed by atoms with E-state index in [4.69, 9.17) is 5.73 Å². The first-order valence-electron chi connectivity index (χ1n) is 7.84. The fourth-order valence-corrected chi connectivity index (χ4v) is 4.07. The molecule has 4 aromatic rings. The van der Waals surface area contributed by atoms with Gasteiger partial charge in [-0.25, -0.2) is 0 Å². The molecule has 0 radical (unpaired) electrons. The molecule has 2 aromatic heterocycles. The summed E-state index contributed by atoms with van der Waals surface area (Å²) in [5.41, 5.74) is 10.2. The number of fused-ring (bicyclic) bond motifs is 1. The Kier molecular flexibility index (Phi) is 3.78. The average molecular weight is 345 g/mol. The Bertz CT molecular complexity index is 1070. The first-order valence-corrected chi connectivity index (χ1v) is 8.66. The number of rotatable bonds is 3. The molecule has 0 bridgehead atoms. The minimum atomic E-state index is -0.426. The van der Waals surface area contributed by atoms with E-state index in [1.54, 1.807) is 29.8 Å². The third-order valence-electron chi connectivity index (χ3n) is 4.24. The molecule has 0 saturated carbocycles. The van der Waals surface area contributed by atoms with Crippen LogP contribution in [0.4, 0.5) is 0 Å². The molecule has 0 aliphatic rings. The fourth-order valence-electron chi connectivity index (χ4n) is 3.04. The summed E-state index contributed by atoms with van der Waals surface area (Å²) in [7, 11) is 0. The number of carbonyl (C=O) groups is 1. The van der Waals surface area contributed by atoms with Crippen molar-refractivity contribution < 1.29 is 4.79 Å². The monoisotopic (exact) mass is 345 g/mol. The number of benzene rings is 2. The van der Waals surface area contributed by atoms with E-state index in [1.807, 2.05) is 43.3 Å². The van der Waals surface area contributed by atoms with Crippen molar-refractivity contribution >= 4 is 27.3 Å². The van der Waals surface area contributed by atoms with Crippen LogP contribution in [0.1, 0.15) is 15.9 Å². The van der Waals surface area contributed by atoms with E-state index in [9.17, 15) is 4.79 Å². The lowest BCUT2D eigenvalue weighted by atomic mass is 9.90. The summed E-state index contributed by atoms with van der Waals surface area (Å²) < 4.78 is 1.06. The summed E-state index contributed by atoms with van der Waals surface area (Å²) in [5, 5.41) is 8.93. The average Bonchev–Trinajstić information content (AvgIpc) is 3.05. The quantitative estimate of drug-likeness (QED) is 0.597. The van der Waals surface area contributed by atoms with Gasteiger partial charge in [-0.05, 0) is 30.2 Å². The lowest BCUT2D eigenvalue weighted by Gasteiger charge is -2.14. The van der Waals surface area contributed by atoms with Gasteiger partial charge in [-0.1, -0.05) is 36.4 Å². The van der Waals surface area contributed by atoms with Crippen LogP contribution < -0.4 is 5.73 Å². The second-order valence-electron chi connectivity index (χ2n) is 5.83. The van der Waals surface area contributed by atoms with Crippen molar-refractivity contribution in [1.29, 1.82) is 0 Å². The van der Waals surface area contributed by atoms with Gasteiger partial charge in [0.05, 0.1) is 17.1 Å². The van der Waals surface area contributed by atoms with Crippen molar-refractivity contribution in [2.75, 3.05) is 0 Å². The van der Waals surface area contributed by atoms with E-state index < -0.39 is 5.91 Å². The predicted molar refractivity (Wildman–Crippen MR) is 102 cm³/mol. The summed E-state index contributed by atoms with van der Waals surface area (Å²) >= 11 is 1.63. The Balaban J connectivity index is 2.04. The molecular weight excluding hydrogens is 330 g/mol. The maximum Gasteiger partial charge on any atom is 0.249 e. The summed E-state index contributed by atoms with van der Waals surface area (Å²) in [4.78, 5) is 13.1. The first-order chi connectivity index (χ1) is 12.1. The molecule has 0 atom stereocenters. The predicted octanol–water partition coefficient (Wildman–Crippen LogP) is 4.43. The van der Waals surface area contributed by atoms with Gasteiger partial charge < -0.3 is 5.73 Å². The van der Waals surface area contributed by atoms with Gasteiger partial charge >= 0.3 is 0 Å². The summed E-state index contributed by atoms with van der Waals surface area (Å²) in [6.07, 6.45) is 3.51. The van der Waals surface area contributed by atoms with Crippen LogP contribution in [0, 0.1) is 6.92 Å².